The molecule has 0 bridgehead atoms. The van der Waals surface area contributed by atoms with Gasteiger partial charge in [0.15, 0.2) is 5.11 Å². The fourth-order valence-electron chi connectivity index (χ4n) is 7.50. The number of amides is 2. The van der Waals surface area contributed by atoms with Gasteiger partial charge in [0, 0.05) is 35.9 Å². The van der Waals surface area contributed by atoms with Crippen molar-refractivity contribution in [3.63, 3.8) is 0 Å². The number of thiocarbonyl (C=S) groups is 1. The maximum Gasteiger partial charge on any atom is 0.417 e. The van der Waals surface area contributed by atoms with Crippen molar-refractivity contribution >= 4 is 57.2 Å². The van der Waals surface area contributed by atoms with Crippen LogP contribution in [0.25, 0.3) is 10.8 Å². The molecule has 60 heavy (non-hydrogen) atoms. The molecular formula is C40H29F5N10O4S. The van der Waals surface area contributed by atoms with Crippen LogP contribution in [0.1, 0.15) is 59.6 Å². The van der Waals surface area contributed by atoms with Crippen LogP contribution in [0.15, 0.2) is 83.9 Å². The lowest BCUT2D eigenvalue weighted by molar-refractivity contribution is -0.137. The number of H-pyrrole nitrogens is 1. The minimum absolute atomic E-state index is 0.0407. The molecule has 0 saturated carbocycles. The van der Waals surface area contributed by atoms with E-state index >= 15 is 4.39 Å². The third kappa shape index (κ3) is 6.71. The summed E-state index contributed by atoms with van der Waals surface area (Å²) in [7, 11) is 1.71. The van der Waals surface area contributed by atoms with E-state index in [1.54, 1.807) is 23.9 Å². The van der Waals surface area contributed by atoms with Crippen molar-refractivity contribution in [1.29, 1.82) is 5.26 Å². The highest BCUT2D eigenvalue weighted by Crippen LogP contribution is 2.46. The number of carbonyl (C=O) groups is 2. The summed E-state index contributed by atoms with van der Waals surface area (Å²) in [5.41, 5.74) is -2.44. The Morgan fingerprint density at radius 2 is 1.77 bits per heavy atom. The van der Waals surface area contributed by atoms with Crippen LogP contribution >= 0.6 is 12.2 Å². The Kier molecular flexibility index (Phi) is 9.58. The highest BCUT2D eigenvalue weighted by Gasteiger charge is 2.51. The van der Waals surface area contributed by atoms with Crippen molar-refractivity contribution in [2.24, 2.45) is 7.05 Å². The van der Waals surface area contributed by atoms with Crippen molar-refractivity contribution in [1.82, 2.24) is 30.3 Å². The number of alkyl halides is 3. The fourth-order valence-corrected chi connectivity index (χ4v) is 8.02. The minimum Gasteiger partial charge on any atom is -0.410 e. The third-order valence-electron chi connectivity index (χ3n) is 10.4. The average Bonchev–Trinajstić information content (AvgIpc) is 3.70. The van der Waals surface area contributed by atoms with Crippen LogP contribution in [0.2, 0.25) is 0 Å². The summed E-state index contributed by atoms with van der Waals surface area (Å²) >= 11 is 5.54. The molecule has 14 nitrogen and oxygen atoms in total. The lowest BCUT2D eigenvalue weighted by Crippen LogP contribution is -2.44. The average molecular weight is 841 g/mol. The Bertz CT molecular complexity index is 2870. The Labute approximate surface area is 341 Å². The molecular weight excluding hydrogens is 812 g/mol. The second-order valence-electron chi connectivity index (χ2n) is 14.4. The van der Waals surface area contributed by atoms with Gasteiger partial charge >= 0.3 is 12.3 Å². The topological polar surface area (TPSA) is 174 Å². The molecule has 2 amide bonds. The summed E-state index contributed by atoms with van der Waals surface area (Å²) in [5.74, 6) is -2.03. The number of aryl methyl sites for hydroxylation is 1. The van der Waals surface area contributed by atoms with Gasteiger partial charge in [-0.25, -0.2) is 23.7 Å². The Morgan fingerprint density at radius 3 is 2.43 bits per heavy atom. The van der Waals surface area contributed by atoms with Gasteiger partial charge < -0.3 is 20.3 Å². The number of ether oxygens (including phenoxy) is 1. The van der Waals surface area contributed by atoms with Gasteiger partial charge in [-0.1, -0.05) is 18.2 Å². The number of hydrogen-bond donors (Lipinski definition) is 3. The molecule has 1 saturated heterocycles. The number of anilines is 3. The second kappa shape index (κ2) is 14.5. The summed E-state index contributed by atoms with van der Waals surface area (Å²) in [5, 5.41) is 26.4. The van der Waals surface area contributed by atoms with Gasteiger partial charge in [-0.2, -0.15) is 28.6 Å². The number of carbonyl (C=O) groups excluding carboxylic acids is 2. The van der Waals surface area contributed by atoms with E-state index in [1.807, 2.05) is 0 Å². The van der Waals surface area contributed by atoms with E-state index in [4.69, 9.17) is 17.0 Å². The molecule has 4 heterocycles. The zero-order valence-corrected chi connectivity index (χ0v) is 32.2. The number of benzene rings is 4. The number of hydrogen-bond acceptors (Lipinski definition) is 10. The third-order valence-corrected chi connectivity index (χ3v) is 10.7. The smallest absolute Gasteiger partial charge is 0.410 e. The summed E-state index contributed by atoms with van der Waals surface area (Å²) < 4.78 is 78.4. The predicted octanol–water partition coefficient (Wildman–Crippen LogP) is 6.72. The highest BCUT2D eigenvalue weighted by atomic mass is 32.1. The van der Waals surface area contributed by atoms with Crippen LogP contribution in [-0.2, 0) is 24.6 Å². The first-order chi connectivity index (χ1) is 28.5. The first-order valence-corrected chi connectivity index (χ1v) is 18.3. The normalized spacial score (nSPS) is 17.1. The van der Waals surface area contributed by atoms with Crippen LogP contribution < -0.4 is 30.7 Å². The van der Waals surface area contributed by atoms with E-state index < -0.39 is 64.0 Å². The van der Waals surface area contributed by atoms with E-state index in [9.17, 15) is 37.2 Å². The van der Waals surface area contributed by atoms with Crippen LogP contribution in [0.4, 0.5) is 43.8 Å². The van der Waals surface area contributed by atoms with E-state index in [2.05, 4.69) is 30.9 Å². The second-order valence-corrected chi connectivity index (χ2v) is 14.8. The first-order valence-electron chi connectivity index (χ1n) is 17.9. The Morgan fingerprint density at radius 1 is 1.03 bits per heavy atom. The monoisotopic (exact) mass is 840 g/mol. The number of rotatable bonds is 7. The van der Waals surface area contributed by atoms with E-state index in [1.165, 1.54) is 67.5 Å². The minimum atomic E-state index is -4.88. The van der Waals surface area contributed by atoms with Crippen molar-refractivity contribution in [3.05, 3.63) is 135 Å². The van der Waals surface area contributed by atoms with Crippen LogP contribution in [0.3, 0.4) is 0 Å². The zero-order valence-electron chi connectivity index (χ0n) is 31.4. The molecule has 2 aliphatic rings. The van der Waals surface area contributed by atoms with Crippen LogP contribution in [-0.4, -0.2) is 47.6 Å². The lowest BCUT2D eigenvalue weighted by atomic mass is 9.83. The molecule has 4 aromatic carbocycles. The number of nitriles is 1. The molecule has 2 aliphatic heterocycles. The summed E-state index contributed by atoms with van der Waals surface area (Å²) in [6, 6.07) is 16.4. The number of aromatic amines is 1. The number of nitrogens with zero attached hydrogens (tertiary/aromatic N) is 7. The SMILES string of the molecule is Cn1ncnc1[C@H]1c2n[nH]c(=O)c3cc(F)cc(c23)N[C@@H]1c1ccc(OC(=O)NCc2ccc(N3C(=S)N(c4ccc(C#N)c(C(F)(F)F)c4)C(=O)C3(C)C)cc2F)cc1. The van der Waals surface area contributed by atoms with Gasteiger partial charge in [0.2, 0.25) is 0 Å². The molecule has 3 N–H and O–H groups in total. The maximum atomic E-state index is 15.6. The zero-order chi connectivity index (χ0) is 42.8. The van der Waals surface area contributed by atoms with E-state index in [-0.39, 0.29) is 39.7 Å². The van der Waals surface area contributed by atoms with Gasteiger partial charge in [-0.15, -0.1) is 0 Å². The van der Waals surface area contributed by atoms with Crippen molar-refractivity contribution < 1.29 is 36.3 Å². The largest absolute Gasteiger partial charge is 0.417 e. The Hall–Kier alpha value is -7.27. The van der Waals surface area contributed by atoms with Gasteiger partial charge in [-0.3, -0.25) is 19.2 Å². The van der Waals surface area contributed by atoms with Gasteiger partial charge in [-0.05, 0) is 86.2 Å². The highest BCUT2D eigenvalue weighted by molar-refractivity contribution is 7.81. The molecule has 2 atom stereocenters. The van der Waals surface area contributed by atoms with Crippen molar-refractivity contribution in [2.45, 2.75) is 44.1 Å². The summed E-state index contributed by atoms with van der Waals surface area (Å²) in [6.45, 7) is 2.65. The summed E-state index contributed by atoms with van der Waals surface area (Å²) in [6.07, 6.45) is -4.41. The molecule has 2 aromatic heterocycles. The molecule has 6 aromatic rings. The molecule has 20 heteroatoms. The fraction of sp³-hybridized carbons (Fsp3) is 0.200. The van der Waals surface area contributed by atoms with Gasteiger partial charge in [0.1, 0.15) is 35.1 Å². The molecule has 0 aliphatic carbocycles. The molecule has 1 fully saturated rings. The van der Waals surface area contributed by atoms with Gasteiger partial charge in [0.25, 0.3) is 11.5 Å². The molecule has 8 rings (SSSR count). The number of halogens is 5. The lowest BCUT2D eigenvalue weighted by Gasteiger charge is -2.33. The van der Waals surface area contributed by atoms with E-state index in [0.29, 0.717) is 34.2 Å². The number of nitrogens with one attached hydrogen (secondary N) is 3. The molecule has 0 unspecified atom stereocenters. The van der Waals surface area contributed by atoms with Gasteiger partial charge in [0.05, 0.1) is 45.9 Å². The van der Waals surface area contributed by atoms with Crippen LogP contribution in [0, 0.1) is 23.0 Å². The molecule has 304 valence electrons. The molecule has 0 radical (unpaired) electrons. The first kappa shape index (κ1) is 39.6. The quantitative estimate of drug-likeness (QED) is 0.115. The standard InChI is InChI=1S/C40H29F5N10O4S/c1-39(2)36(57)54(23-8-4-20(16-46)27(14-23)40(43,44)45)38(60)55(39)24-9-5-21(28(42)15-24)17-47-37(58)59-25-10-6-19(7-11-25)32-31(34-48-18-49-53(34)3)33-30-26(35(56)52-51-33)12-22(41)13-29(30)50-32/h4-15,18,31-32,50H,17H2,1-3H3,(H,47,58)(H,52,56)/t31-,32-/m1/s1. The summed E-state index contributed by atoms with van der Waals surface area (Å²) in [4.78, 5) is 45.6. The van der Waals surface area contributed by atoms with Crippen LogP contribution in [0.5, 0.6) is 5.75 Å². The van der Waals surface area contributed by atoms with E-state index in [0.717, 1.165) is 23.1 Å². The predicted molar refractivity (Wildman–Crippen MR) is 210 cm³/mol. The Balaban J connectivity index is 0.962. The number of aromatic nitrogens is 5. The maximum absolute atomic E-state index is 15.6. The molecule has 0 spiro atoms. The van der Waals surface area contributed by atoms with Crippen molar-refractivity contribution in [2.75, 3.05) is 15.1 Å². The van der Waals surface area contributed by atoms with Crippen molar-refractivity contribution in [3.8, 4) is 11.8 Å².